The van der Waals surface area contributed by atoms with Gasteiger partial charge in [0.25, 0.3) is 0 Å². The van der Waals surface area contributed by atoms with Gasteiger partial charge in [0.05, 0.1) is 0 Å². The van der Waals surface area contributed by atoms with Gasteiger partial charge in [0, 0.05) is 32.8 Å². The van der Waals surface area contributed by atoms with Crippen LogP contribution in [0.2, 0.25) is 0 Å². The maximum atomic E-state index is 5.55. The van der Waals surface area contributed by atoms with Gasteiger partial charge in [0.15, 0.2) is 5.11 Å². The van der Waals surface area contributed by atoms with E-state index in [4.69, 9.17) is 17.0 Å². The molecule has 0 aromatic rings. The van der Waals surface area contributed by atoms with Crippen LogP contribution in [0.5, 0.6) is 0 Å². The number of nitrogens with zero attached hydrogens (tertiary/aromatic N) is 1. The molecule has 0 bridgehead atoms. The number of nitrogens with one attached hydrogen (secondary N) is 1. The Kier molecular flexibility index (Phi) is 5.70. The fraction of sp³-hybridized carbons (Fsp3) is 0.929. The standard InChI is InChI=1S/C14H26N2OS/c1-17-11-5-9-15-14(18)16-10-4-8-13(16)12-6-2-3-7-12/h12-13H,2-11H2,1H3,(H,15,18). The third-order valence-electron chi connectivity index (χ3n) is 4.31. The molecule has 1 heterocycles. The molecule has 1 saturated heterocycles. The van der Waals surface area contributed by atoms with Gasteiger partial charge in [-0.2, -0.15) is 0 Å². The van der Waals surface area contributed by atoms with Crippen molar-refractivity contribution in [2.24, 2.45) is 5.92 Å². The molecule has 1 aliphatic heterocycles. The normalized spacial score (nSPS) is 24.7. The second-order valence-corrected chi connectivity index (χ2v) is 5.91. The first kappa shape index (κ1) is 14.1. The van der Waals surface area contributed by atoms with E-state index in [1.54, 1.807) is 7.11 Å². The summed E-state index contributed by atoms with van der Waals surface area (Å²) in [6.07, 6.45) is 9.33. The summed E-state index contributed by atoms with van der Waals surface area (Å²) in [5.41, 5.74) is 0. The van der Waals surface area contributed by atoms with Crippen LogP contribution in [0.25, 0.3) is 0 Å². The summed E-state index contributed by atoms with van der Waals surface area (Å²) in [5, 5.41) is 4.36. The molecular formula is C14H26N2OS. The molecule has 0 spiro atoms. The van der Waals surface area contributed by atoms with E-state index in [1.807, 2.05) is 0 Å². The average Bonchev–Trinajstić information content (AvgIpc) is 3.02. The first-order valence-electron chi connectivity index (χ1n) is 7.36. The number of likely N-dealkylation sites (tertiary alicyclic amines) is 1. The van der Waals surface area contributed by atoms with Crippen molar-refractivity contribution >= 4 is 17.3 Å². The van der Waals surface area contributed by atoms with Crippen LogP contribution in [0.1, 0.15) is 44.9 Å². The van der Waals surface area contributed by atoms with Gasteiger partial charge in [-0.15, -0.1) is 0 Å². The monoisotopic (exact) mass is 270 g/mol. The fourth-order valence-corrected chi connectivity index (χ4v) is 3.72. The highest BCUT2D eigenvalue weighted by atomic mass is 32.1. The van der Waals surface area contributed by atoms with Crippen molar-refractivity contribution in [1.82, 2.24) is 10.2 Å². The molecular weight excluding hydrogens is 244 g/mol. The Morgan fingerprint density at radius 3 is 2.78 bits per heavy atom. The van der Waals surface area contributed by atoms with Gasteiger partial charge in [0.1, 0.15) is 0 Å². The summed E-state index contributed by atoms with van der Waals surface area (Å²) >= 11 is 5.55. The summed E-state index contributed by atoms with van der Waals surface area (Å²) in [7, 11) is 1.74. The Labute approximate surface area is 116 Å². The molecule has 3 nitrogen and oxygen atoms in total. The minimum atomic E-state index is 0.718. The van der Waals surface area contributed by atoms with Gasteiger partial charge < -0.3 is 15.0 Å². The third kappa shape index (κ3) is 3.58. The third-order valence-corrected chi connectivity index (χ3v) is 4.68. The van der Waals surface area contributed by atoms with Crippen molar-refractivity contribution in [2.45, 2.75) is 51.0 Å². The molecule has 2 fully saturated rings. The molecule has 1 atom stereocenters. The van der Waals surface area contributed by atoms with Gasteiger partial charge in [0.2, 0.25) is 0 Å². The summed E-state index contributed by atoms with van der Waals surface area (Å²) in [6, 6.07) is 0.718. The molecule has 4 heteroatoms. The summed E-state index contributed by atoms with van der Waals surface area (Å²) < 4.78 is 5.05. The van der Waals surface area contributed by atoms with Crippen LogP contribution >= 0.6 is 12.2 Å². The minimum Gasteiger partial charge on any atom is -0.385 e. The maximum Gasteiger partial charge on any atom is 0.169 e. The molecule has 0 aromatic carbocycles. The zero-order valence-electron chi connectivity index (χ0n) is 11.5. The molecule has 1 aliphatic carbocycles. The predicted molar refractivity (Wildman–Crippen MR) is 78.8 cm³/mol. The smallest absolute Gasteiger partial charge is 0.169 e. The van der Waals surface area contributed by atoms with E-state index in [0.29, 0.717) is 0 Å². The van der Waals surface area contributed by atoms with Crippen molar-refractivity contribution in [2.75, 3.05) is 26.8 Å². The molecule has 0 radical (unpaired) electrons. The molecule has 1 N–H and O–H groups in total. The van der Waals surface area contributed by atoms with Crippen LogP contribution < -0.4 is 5.32 Å². The Bertz CT molecular complexity index is 267. The summed E-state index contributed by atoms with van der Waals surface area (Å²) in [5.74, 6) is 0.895. The van der Waals surface area contributed by atoms with Gasteiger partial charge in [-0.05, 0) is 50.2 Å². The van der Waals surface area contributed by atoms with E-state index in [2.05, 4.69) is 10.2 Å². The molecule has 1 saturated carbocycles. The van der Waals surface area contributed by atoms with Crippen LogP contribution in [0.3, 0.4) is 0 Å². The Morgan fingerprint density at radius 2 is 2.06 bits per heavy atom. The molecule has 2 aliphatic rings. The first-order chi connectivity index (χ1) is 8.83. The van der Waals surface area contributed by atoms with Crippen LogP contribution in [0.15, 0.2) is 0 Å². The lowest BCUT2D eigenvalue weighted by Gasteiger charge is -2.31. The van der Waals surface area contributed by atoms with Gasteiger partial charge >= 0.3 is 0 Å². The molecule has 1 unspecified atom stereocenters. The lowest BCUT2D eigenvalue weighted by atomic mass is 9.96. The van der Waals surface area contributed by atoms with E-state index in [-0.39, 0.29) is 0 Å². The van der Waals surface area contributed by atoms with Gasteiger partial charge in [-0.1, -0.05) is 12.8 Å². The van der Waals surface area contributed by atoms with Gasteiger partial charge in [-0.25, -0.2) is 0 Å². The highest BCUT2D eigenvalue weighted by molar-refractivity contribution is 7.80. The Morgan fingerprint density at radius 1 is 1.28 bits per heavy atom. The summed E-state index contributed by atoms with van der Waals surface area (Å²) in [6.45, 7) is 2.89. The minimum absolute atomic E-state index is 0.718. The highest BCUT2D eigenvalue weighted by Gasteiger charge is 2.34. The number of hydrogen-bond acceptors (Lipinski definition) is 2. The van der Waals surface area contributed by atoms with E-state index < -0.39 is 0 Å². The number of hydrogen-bond donors (Lipinski definition) is 1. The van der Waals surface area contributed by atoms with E-state index in [1.165, 1.54) is 38.5 Å². The van der Waals surface area contributed by atoms with Crippen LogP contribution in [0, 0.1) is 5.92 Å². The summed E-state index contributed by atoms with van der Waals surface area (Å²) in [4.78, 5) is 2.46. The number of ether oxygens (including phenoxy) is 1. The lowest BCUT2D eigenvalue weighted by molar-refractivity contribution is 0.195. The van der Waals surface area contributed by atoms with Gasteiger partial charge in [-0.3, -0.25) is 0 Å². The topological polar surface area (TPSA) is 24.5 Å². The van der Waals surface area contributed by atoms with Crippen molar-refractivity contribution in [1.29, 1.82) is 0 Å². The number of methoxy groups -OCH3 is 1. The second-order valence-electron chi connectivity index (χ2n) is 5.53. The molecule has 2 rings (SSSR count). The predicted octanol–water partition coefficient (Wildman–Crippen LogP) is 2.55. The zero-order chi connectivity index (χ0) is 12.8. The van der Waals surface area contributed by atoms with Crippen molar-refractivity contribution in [3.8, 4) is 0 Å². The van der Waals surface area contributed by atoms with Crippen LogP contribution in [-0.2, 0) is 4.74 Å². The van der Waals surface area contributed by atoms with Crippen molar-refractivity contribution in [3.63, 3.8) is 0 Å². The van der Waals surface area contributed by atoms with E-state index in [0.717, 1.165) is 43.2 Å². The molecule has 0 amide bonds. The lowest BCUT2D eigenvalue weighted by Crippen LogP contribution is -2.45. The van der Waals surface area contributed by atoms with Crippen molar-refractivity contribution < 1.29 is 4.74 Å². The molecule has 18 heavy (non-hydrogen) atoms. The fourth-order valence-electron chi connectivity index (χ4n) is 3.39. The zero-order valence-corrected chi connectivity index (χ0v) is 12.3. The Balaban J connectivity index is 1.77. The van der Waals surface area contributed by atoms with Crippen molar-refractivity contribution in [3.05, 3.63) is 0 Å². The van der Waals surface area contributed by atoms with Crippen LogP contribution in [-0.4, -0.2) is 42.9 Å². The second kappa shape index (κ2) is 7.29. The average molecular weight is 270 g/mol. The SMILES string of the molecule is COCCCNC(=S)N1CCCC1C1CCCC1. The quantitative estimate of drug-likeness (QED) is 0.613. The van der Waals surface area contributed by atoms with E-state index >= 15 is 0 Å². The Hall–Kier alpha value is -0.350. The number of thiocarbonyl (C=S) groups is 1. The van der Waals surface area contributed by atoms with Crippen LogP contribution in [0.4, 0.5) is 0 Å². The maximum absolute atomic E-state index is 5.55. The molecule has 104 valence electrons. The van der Waals surface area contributed by atoms with E-state index in [9.17, 15) is 0 Å². The molecule has 0 aromatic heterocycles. The largest absolute Gasteiger partial charge is 0.385 e. The highest BCUT2D eigenvalue weighted by Crippen LogP contribution is 2.35. The number of rotatable bonds is 5. The first-order valence-corrected chi connectivity index (χ1v) is 7.77.